The van der Waals surface area contributed by atoms with Gasteiger partial charge in [-0.1, -0.05) is 18.2 Å². The SMILES string of the molecule is CCOc1ccc(C(=O)Nc2ccccc2CNC)cc1. The molecule has 0 aromatic heterocycles. The number of para-hydroxylation sites is 1. The highest BCUT2D eigenvalue weighted by Gasteiger charge is 2.08. The van der Waals surface area contributed by atoms with Crippen LogP contribution in [0, 0.1) is 0 Å². The van der Waals surface area contributed by atoms with Crippen molar-refractivity contribution >= 4 is 11.6 Å². The smallest absolute Gasteiger partial charge is 0.255 e. The van der Waals surface area contributed by atoms with E-state index in [0.717, 1.165) is 17.0 Å². The van der Waals surface area contributed by atoms with Crippen LogP contribution in [0.1, 0.15) is 22.8 Å². The quantitative estimate of drug-likeness (QED) is 0.857. The maximum absolute atomic E-state index is 12.3. The summed E-state index contributed by atoms with van der Waals surface area (Å²) in [5, 5.41) is 6.03. The molecule has 4 nitrogen and oxygen atoms in total. The van der Waals surface area contributed by atoms with Gasteiger partial charge in [0.05, 0.1) is 6.61 Å². The number of rotatable bonds is 6. The van der Waals surface area contributed by atoms with E-state index in [0.29, 0.717) is 18.7 Å². The summed E-state index contributed by atoms with van der Waals surface area (Å²) < 4.78 is 5.37. The molecule has 0 aliphatic heterocycles. The van der Waals surface area contributed by atoms with E-state index in [4.69, 9.17) is 4.74 Å². The summed E-state index contributed by atoms with van der Waals surface area (Å²) in [6.07, 6.45) is 0. The van der Waals surface area contributed by atoms with Crippen LogP contribution in [0.2, 0.25) is 0 Å². The second-order valence-electron chi connectivity index (χ2n) is 4.60. The summed E-state index contributed by atoms with van der Waals surface area (Å²) in [5.74, 6) is 0.645. The fourth-order valence-corrected chi connectivity index (χ4v) is 2.05. The van der Waals surface area contributed by atoms with E-state index in [-0.39, 0.29) is 5.91 Å². The highest BCUT2D eigenvalue weighted by atomic mass is 16.5. The summed E-state index contributed by atoms with van der Waals surface area (Å²) in [6, 6.07) is 14.9. The molecule has 4 heteroatoms. The molecular weight excluding hydrogens is 264 g/mol. The second kappa shape index (κ2) is 7.45. The number of anilines is 1. The van der Waals surface area contributed by atoms with Crippen molar-refractivity contribution in [2.24, 2.45) is 0 Å². The molecule has 2 aromatic carbocycles. The summed E-state index contributed by atoms with van der Waals surface area (Å²) in [6.45, 7) is 3.25. The average molecular weight is 284 g/mol. The molecule has 2 N–H and O–H groups in total. The van der Waals surface area contributed by atoms with Crippen LogP contribution in [-0.2, 0) is 6.54 Å². The van der Waals surface area contributed by atoms with E-state index >= 15 is 0 Å². The molecule has 0 unspecified atom stereocenters. The molecule has 21 heavy (non-hydrogen) atoms. The number of amides is 1. The minimum absolute atomic E-state index is 0.124. The van der Waals surface area contributed by atoms with Gasteiger partial charge in [0, 0.05) is 17.8 Å². The van der Waals surface area contributed by atoms with Gasteiger partial charge in [-0.15, -0.1) is 0 Å². The topological polar surface area (TPSA) is 50.4 Å². The zero-order valence-corrected chi connectivity index (χ0v) is 12.3. The number of carbonyl (C=O) groups excluding carboxylic acids is 1. The average Bonchev–Trinajstić information content (AvgIpc) is 2.50. The lowest BCUT2D eigenvalue weighted by Crippen LogP contribution is -2.15. The van der Waals surface area contributed by atoms with Gasteiger partial charge in [0.15, 0.2) is 0 Å². The Morgan fingerprint density at radius 3 is 2.48 bits per heavy atom. The monoisotopic (exact) mass is 284 g/mol. The van der Waals surface area contributed by atoms with Crippen LogP contribution in [0.25, 0.3) is 0 Å². The van der Waals surface area contributed by atoms with Gasteiger partial charge < -0.3 is 15.4 Å². The van der Waals surface area contributed by atoms with Crippen LogP contribution in [0.5, 0.6) is 5.75 Å². The maximum atomic E-state index is 12.3. The second-order valence-corrected chi connectivity index (χ2v) is 4.60. The number of ether oxygens (including phenoxy) is 1. The van der Waals surface area contributed by atoms with E-state index in [9.17, 15) is 4.79 Å². The van der Waals surface area contributed by atoms with Crippen molar-refractivity contribution in [3.05, 3.63) is 59.7 Å². The highest BCUT2D eigenvalue weighted by Crippen LogP contribution is 2.17. The first-order valence-corrected chi connectivity index (χ1v) is 7.01. The number of nitrogens with one attached hydrogen (secondary N) is 2. The molecule has 0 atom stereocenters. The number of hydrogen-bond donors (Lipinski definition) is 2. The van der Waals surface area contributed by atoms with Gasteiger partial charge in [-0.05, 0) is 49.9 Å². The van der Waals surface area contributed by atoms with Crippen molar-refractivity contribution in [2.45, 2.75) is 13.5 Å². The van der Waals surface area contributed by atoms with Crippen LogP contribution in [0.3, 0.4) is 0 Å². The third kappa shape index (κ3) is 4.07. The number of hydrogen-bond acceptors (Lipinski definition) is 3. The Balaban J connectivity index is 2.10. The van der Waals surface area contributed by atoms with Crippen molar-refractivity contribution in [2.75, 3.05) is 19.0 Å². The molecule has 0 radical (unpaired) electrons. The van der Waals surface area contributed by atoms with E-state index in [2.05, 4.69) is 10.6 Å². The van der Waals surface area contributed by atoms with E-state index in [1.807, 2.05) is 38.2 Å². The molecule has 0 spiro atoms. The van der Waals surface area contributed by atoms with Gasteiger partial charge in [0.1, 0.15) is 5.75 Å². The van der Waals surface area contributed by atoms with E-state index < -0.39 is 0 Å². The van der Waals surface area contributed by atoms with Crippen LogP contribution >= 0.6 is 0 Å². The van der Waals surface area contributed by atoms with E-state index in [1.54, 1.807) is 24.3 Å². The summed E-state index contributed by atoms with van der Waals surface area (Å²) in [7, 11) is 1.88. The number of carbonyl (C=O) groups is 1. The Kier molecular flexibility index (Phi) is 5.35. The Morgan fingerprint density at radius 1 is 1.10 bits per heavy atom. The summed E-state index contributed by atoms with van der Waals surface area (Å²) in [5.41, 5.74) is 2.49. The summed E-state index contributed by atoms with van der Waals surface area (Å²) >= 11 is 0. The molecule has 0 heterocycles. The molecule has 2 aromatic rings. The first-order valence-electron chi connectivity index (χ1n) is 7.01. The van der Waals surface area contributed by atoms with Gasteiger partial charge >= 0.3 is 0 Å². The van der Waals surface area contributed by atoms with Crippen molar-refractivity contribution in [1.82, 2.24) is 5.32 Å². The lowest BCUT2D eigenvalue weighted by molar-refractivity contribution is 0.102. The minimum atomic E-state index is -0.124. The van der Waals surface area contributed by atoms with Gasteiger partial charge in [0.2, 0.25) is 0 Å². The van der Waals surface area contributed by atoms with Gasteiger partial charge in [-0.2, -0.15) is 0 Å². The molecule has 0 bridgehead atoms. The third-order valence-electron chi connectivity index (χ3n) is 3.06. The Hall–Kier alpha value is -2.33. The Morgan fingerprint density at radius 2 is 1.81 bits per heavy atom. The van der Waals surface area contributed by atoms with Crippen LogP contribution in [-0.4, -0.2) is 19.6 Å². The largest absolute Gasteiger partial charge is 0.494 e. The highest BCUT2D eigenvalue weighted by molar-refractivity contribution is 6.04. The zero-order valence-electron chi connectivity index (χ0n) is 12.3. The van der Waals surface area contributed by atoms with Gasteiger partial charge in [-0.3, -0.25) is 4.79 Å². The third-order valence-corrected chi connectivity index (χ3v) is 3.06. The van der Waals surface area contributed by atoms with Crippen LogP contribution in [0.4, 0.5) is 5.69 Å². The van der Waals surface area contributed by atoms with Gasteiger partial charge in [-0.25, -0.2) is 0 Å². The van der Waals surface area contributed by atoms with Crippen molar-refractivity contribution in [3.8, 4) is 5.75 Å². The fourth-order valence-electron chi connectivity index (χ4n) is 2.05. The molecule has 0 fully saturated rings. The van der Waals surface area contributed by atoms with Crippen molar-refractivity contribution < 1.29 is 9.53 Å². The lowest BCUT2D eigenvalue weighted by atomic mass is 10.1. The maximum Gasteiger partial charge on any atom is 0.255 e. The van der Waals surface area contributed by atoms with Crippen molar-refractivity contribution in [1.29, 1.82) is 0 Å². The molecule has 1 amide bonds. The standard InChI is InChI=1S/C17H20N2O2/c1-3-21-15-10-8-13(9-11-15)17(20)19-16-7-5-4-6-14(16)12-18-2/h4-11,18H,3,12H2,1-2H3,(H,19,20). The predicted octanol–water partition coefficient (Wildman–Crippen LogP) is 3.06. The zero-order chi connectivity index (χ0) is 15.1. The van der Waals surface area contributed by atoms with Crippen LogP contribution in [0.15, 0.2) is 48.5 Å². The first-order chi connectivity index (χ1) is 10.2. The number of benzene rings is 2. The molecule has 0 aliphatic carbocycles. The summed E-state index contributed by atoms with van der Waals surface area (Å²) in [4.78, 5) is 12.3. The lowest BCUT2D eigenvalue weighted by Gasteiger charge is -2.11. The predicted molar refractivity (Wildman–Crippen MR) is 84.8 cm³/mol. The molecule has 0 saturated carbocycles. The van der Waals surface area contributed by atoms with Crippen molar-refractivity contribution in [3.63, 3.8) is 0 Å². The molecule has 0 aliphatic rings. The van der Waals surface area contributed by atoms with E-state index in [1.165, 1.54) is 0 Å². The van der Waals surface area contributed by atoms with Gasteiger partial charge in [0.25, 0.3) is 5.91 Å². The molecular formula is C17H20N2O2. The fraction of sp³-hybridized carbons (Fsp3) is 0.235. The Bertz CT molecular complexity index is 594. The first kappa shape index (κ1) is 15.1. The molecule has 110 valence electrons. The minimum Gasteiger partial charge on any atom is -0.494 e. The molecule has 0 saturated heterocycles. The van der Waals surface area contributed by atoms with Crippen LogP contribution < -0.4 is 15.4 Å². The normalized spacial score (nSPS) is 10.2. The Labute approximate surface area is 125 Å². The molecule has 2 rings (SSSR count).